The van der Waals surface area contributed by atoms with E-state index in [1.54, 1.807) is 11.0 Å². The van der Waals surface area contributed by atoms with Crippen LogP contribution in [0, 0.1) is 5.82 Å². The second kappa shape index (κ2) is 5.68. The second-order valence-electron chi connectivity index (χ2n) is 5.25. The summed E-state index contributed by atoms with van der Waals surface area (Å²) in [5.41, 5.74) is 0.0660. The number of hydrogen-bond donors (Lipinski definition) is 1. The van der Waals surface area contributed by atoms with Gasteiger partial charge in [-0.2, -0.15) is 0 Å². The summed E-state index contributed by atoms with van der Waals surface area (Å²) in [7, 11) is 0. The molecule has 0 spiro atoms. The van der Waals surface area contributed by atoms with Gasteiger partial charge in [0.05, 0.1) is 10.6 Å². The number of amides is 1. The molecule has 0 saturated carbocycles. The molecule has 0 radical (unpaired) electrons. The van der Waals surface area contributed by atoms with Gasteiger partial charge in [0.15, 0.2) is 5.82 Å². The van der Waals surface area contributed by atoms with Crippen LogP contribution in [0.5, 0.6) is 0 Å². The summed E-state index contributed by atoms with van der Waals surface area (Å²) in [6.45, 7) is 5.35. The van der Waals surface area contributed by atoms with Crippen molar-refractivity contribution in [2.45, 2.75) is 6.04 Å². The average molecular weight is 298 g/mol. The molecule has 1 aromatic rings. The zero-order valence-corrected chi connectivity index (χ0v) is 11.9. The molecular formula is C14H17ClFN3O. The molecule has 2 aliphatic heterocycles. The van der Waals surface area contributed by atoms with Crippen LogP contribution in [0.2, 0.25) is 5.02 Å². The first-order valence-electron chi connectivity index (χ1n) is 6.85. The maximum atomic E-state index is 13.8. The molecule has 1 aromatic carbocycles. The minimum atomic E-state index is -0.621. The van der Waals surface area contributed by atoms with Crippen LogP contribution in [0.25, 0.3) is 0 Å². The first-order valence-corrected chi connectivity index (χ1v) is 7.22. The Bertz CT molecular complexity index is 513. The summed E-state index contributed by atoms with van der Waals surface area (Å²) in [6, 6.07) is 4.95. The highest BCUT2D eigenvalue weighted by molar-refractivity contribution is 6.31. The van der Waals surface area contributed by atoms with Crippen molar-refractivity contribution < 1.29 is 9.18 Å². The lowest BCUT2D eigenvalue weighted by Crippen LogP contribution is -2.63. The molecule has 2 aliphatic rings. The van der Waals surface area contributed by atoms with Crippen LogP contribution in [0.15, 0.2) is 18.2 Å². The monoisotopic (exact) mass is 297 g/mol. The smallest absolute Gasteiger partial charge is 0.256 e. The third-order valence-corrected chi connectivity index (χ3v) is 4.29. The highest BCUT2D eigenvalue weighted by atomic mass is 35.5. The molecule has 2 heterocycles. The van der Waals surface area contributed by atoms with Gasteiger partial charge in [0.25, 0.3) is 5.91 Å². The topological polar surface area (TPSA) is 35.6 Å². The molecular weight excluding hydrogens is 281 g/mol. The largest absolute Gasteiger partial charge is 0.335 e. The van der Waals surface area contributed by atoms with Crippen LogP contribution in [0.3, 0.4) is 0 Å². The van der Waals surface area contributed by atoms with Crippen LogP contribution in [0.4, 0.5) is 4.39 Å². The minimum Gasteiger partial charge on any atom is -0.335 e. The Morgan fingerprint density at radius 1 is 1.30 bits per heavy atom. The lowest BCUT2D eigenvalue weighted by atomic mass is 10.0. The van der Waals surface area contributed by atoms with E-state index in [-0.39, 0.29) is 16.5 Å². The lowest BCUT2D eigenvalue weighted by Gasteiger charge is -2.46. The molecule has 1 amide bonds. The summed E-state index contributed by atoms with van der Waals surface area (Å²) >= 11 is 5.71. The van der Waals surface area contributed by atoms with Crippen LogP contribution < -0.4 is 5.32 Å². The molecule has 1 N–H and O–H groups in total. The lowest BCUT2D eigenvalue weighted by molar-refractivity contribution is 0.0224. The molecule has 6 heteroatoms. The summed E-state index contributed by atoms with van der Waals surface area (Å²) < 4.78 is 13.8. The second-order valence-corrected chi connectivity index (χ2v) is 5.66. The number of rotatable bonds is 2. The number of benzene rings is 1. The molecule has 0 bridgehead atoms. The van der Waals surface area contributed by atoms with Crippen molar-refractivity contribution >= 4 is 17.5 Å². The van der Waals surface area contributed by atoms with Crippen molar-refractivity contribution in [3.8, 4) is 0 Å². The number of likely N-dealkylation sites (tertiary alicyclic amines) is 1. The Kier molecular flexibility index (Phi) is 3.92. The van der Waals surface area contributed by atoms with Crippen LogP contribution in [-0.4, -0.2) is 61.0 Å². The zero-order chi connectivity index (χ0) is 14.1. The maximum Gasteiger partial charge on any atom is 0.256 e. The Balaban J connectivity index is 1.61. The van der Waals surface area contributed by atoms with Crippen molar-refractivity contribution in [1.29, 1.82) is 0 Å². The number of halogens is 2. The summed E-state index contributed by atoms with van der Waals surface area (Å²) in [5.74, 6) is -0.888. The summed E-state index contributed by atoms with van der Waals surface area (Å²) in [6.07, 6.45) is 0. The number of piperazine rings is 1. The van der Waals surface area contributed by atoms with E-state index in [1.807, 2.05) is 0 Å². The van der Waals surface area contributed by atoms with E-state index in [0.29, 0.717) is 19.1 Å². The quantitative estimate of drug-likeness (QED) is 0.891. The molecule has 2 fully saturated rings. The third-order valence-electron chi connectivity index (χ3n) is 4.00. The van der Waals surface area contributed by atoms with E-state index < -0.39 is 5.82 Å². The van der Waals surface area contributed by atoms with Gasteiger partial charge in [-0.05, 0) is 12.1 Å². The first kappa shape index (κ1) is 13.8. The molecule has 108 valence electrons. The summed E-state index contributed by atoms with van der Waals surface area (Å²) in [5, 5.41) is 3.30. The molecule has 20 heavy (non-hydrogen) atoms. The molecule has 0 atom stereocenters. The third kappa shape index (κ3) is 2.53. The van der Waals surface area contributed by atoms with Crippen molar-refractivity contribution in [1.82, 2.24) is 15.1 Å². The van der Waals surface area contributed by atoms with Crippen molar-refractivity contribution in [3.05, 3.63) is 34.6 Å². The van der Waals surface area contributed by atoms with Crippen molar-refractivity contribution in [3.63, 3.8) is 0 Å². The maximum absolute atomic E-state index is 13.8. The molecule has 3 rings (SSSR count). The van der Waals surface area contributed by atoms with E-state index in [9.17, 15) is 9.18 Å². The number of hydrogen-bond acceptors (Lipinski definition) is 3. The fraction of sp³-hybridized carbons (Fsp3) is 0.500. The van der Waals surface area contributed by atoms with Gasteiger partial charge in [-0.1, -0.05) is 17.7 Å². The van der Waals surface area contributed by atoms with E-state index in [1.165, 1.54) is 12.1 Å². The first-order chi connectivity index (χ1) is 9.66. The molecule has 4 nitrogen and oxygen atoms in total. The van der Waals surface area contributed by atoms with Crippen LogP contribution in [-0.2, 0) is 0 Å². The van der Waals surface area contributed by atoms with Gasteiger partial charge >= 0.3 is 0 Å². The Labute approximate surface area is 122 Å². The molecule has 0 aliphatic carbocycles. The Hall–Kier alpha value is -1.17. The van der Waals surface area contributed by atoms with Gasteiger partial charge < -0.3 is 10.2 Å². The predicted molar refractivity (Wildman–Crippen MR) is 75.5 cm³/mol. The molecule has 0 unspecified atom stereocenters. The van der Waals surface area contributed by atoms with Gasteiger partial charge in [-0.25, -0.2) is 4.39 Å². The zero-order valence-electron chi connectivity index (χ0n) is 11.1. The fourth-order valence-electron chi connectivity index (χ4n) is 2.74. The van der Waals surface area contributed by atoms with Gasteiger partial charge in [-0.3, -0.25) is 9.69 Å². The van der Waals surface area contributed by atoms with Gasteiger partial charge in [-0.15, -0.1) is 0 Å². The highest BCUT2D eigenvalue weighted by Crippen LogP contribution is 2.23. The van der Waals surface area contributed by atoms with Gasteiger partial charge in [0.2, 0.25) is 0 Å². The standard InChI is InChI=1S/C14H17ClFN3O/c15-12-3-1-2-11(13(12)16)14(20)19-8-10(9-19)18-6-4-17-5-7-18/h1-3,10,17H,4-9H2. The minimum absolute atomic E-state index is 0.00460. The van der Waals surface area contributed by atoms with E-state index >= 15 is 0 Å². The average Bonchev–Trinajstić information content (AvgIpc) is 2.41. The number of carbonyl (C=O) groups is 1. The van der Waals surface area contributed by atoms with Crippen molar-refractivity contribution in [2.75, 3.05) is 39.3 Å². The van der Waals surface area contributed by atoms with Crippen LogP contribution >= 0.6 is 11.6 Å². The number of carbonyl (C=O) groups excluding carboxylic acids is 1. The number of nitrogens with zero attached hydrogens (tertiary/aromatic N) is 2. The van der Waals surface area contributed by atoms with Crippen LogP contribution in [0.1, 0.15) is 10.4 Å². The number of nitrogens with one attached hydrogen (secondary N) is 1. The summed E-state index contributed by atoms with van der Waals surface area (Å²) in [4.78, 5) is 16.3. The Morgan fingerprint density at radius 2 is 2.00 bits per heavy atom. The van der Waals surface area contributed by atoms with Gasteiger partial charge in [0.1, 0.15) is 0 Å². The molecule has 2 saturated heterocycles. The Morgan fingerprint density at radius 3 is 2.70 bits per heavy atom. The van der Waals surface area contributed by atoms with E-state index in [0.717, 1.165) is 26.2 Å². The van der Waals surface area contributed by atoms with Gasteiger partial charge in [0, 0.05) is 45.3 Å². The SMILES string of the molecule is O=C(c1cccc(Cl)c1F)N1CC(N2CCNCC2)C1. The fourth-order valence-corrected chi connectivity index (χ4v) is 2.91. The van der Waals surface area contributed by atoms with E-state index in [4.69, 9.17) is 11.6 Å². The normalized spacial score (nSPS) is 20.8. The molecule has 0 aromatic heterocycles. The predicted octanol–water partition coefficient (Wildman–Crippen LogP) is 1.21. The highest BCUT2D eigenvalue weighted by Gasteiger charge is 2.36. The van der Waals surface area contributed by atoms with Crippen molar-refractivity contribution in [2.24, 2.45) is 0 Å². The van der Waals surface area contributed by atoms with E-state index in [2.05, 4.69) is 10.2 Å².